The second kappa shape index (κ2) is 5.69. The van der Waals surface area contributed by atoms with Crippen molar-refractivity contribution in [3.63, 3.8) is 0 Å². The number of aromatic nitrogens is 2. The van der Waals surface area contributed by atoms with E-state index in [2.05, 4.69) is 40.5 Å². The van der Waals surface area contributed by atoms with Crippen molar-refractivity contribution in [2.45, 2.75) is 4.90 Å². The number of imidazole rings is 1. The van der Waals surface area contributed by atoms with E-state index in [0.29, 0.717) is 11.5 Å². The highest BCUT2D eigenvalue weighted by molar-refractivity contribution is 7.98. The van der Waals surface area contributed by atoms with Gasteiger partial charge in [0.05, 0.1) is 25.3 Å². The van der Waals surface area contributed by atoms with Crippen LogP contribution in [0.3, 0.4) is 0 Å². The van der Waals surface area contributed by atoms with Crippen molar-refractivity contribution < 1.29 is 9.47 Å². The number of hydrogen-bond acceptors (Lipinski definition) is 4. The molecule has 0 bridgehead atoms. The summed E-state index contributed by atoms with van der Waals surface area (Å²) < 4.78 is 10.6. The number of methoxy groups -OCH3 is 2. The van der Waals surface area contributed by atoms with Gasteiger partial charge in [0, 0.05) is 22.6 Å². The number of rotatable bonds is 4. The van der Waals surface area contributed by atoms with Gasteiger partial charge in [0.15, 0.2) is 11.5 Å². The van der Waals surface area contributed by atoms with Gasteiger partial charge < -0.3 is 14.5 Å². The summed E-state index contributed by atoms with van der Waals surface area (Å²) in [6.07, 6.45) is 2.06. The van der Waals surface area contributed by atoms with Gasteiger partial charge in [0.25, 0.3) is 0 Å². The van der Waals surface area contributed by atoms with Gasteiger partial charge >= 0.3 is 0 Å². The Hall–Kier alpha value is -2.14. The molecule has 4 nitrogen and oxygen atoms in total. The second-order valence-electron chi connectivity index (χ2n) is 4.54. The van der Waals surface area contributed by atoms with Crippen LogP contribution in [0.4, 0.5) is 0 Å². The first-order valence-electron chi connectivity index (χ1n) is 6.51. The first kappa shape index (κ1) is 13.8. The van der Waals surface area contributed by atoms with Gasteiger partial charge in [-0.15, -0.1) is 11.8 Å². The lowest BCUT2D eigenvalue weighted by Crippen LogP contribution is -1.89. The largest absolute Gasteiger partial charge is 0.493 e. The Morgan fingerprint density at radius 1 is 1.00 bits per heavy atom. The van der Waals surface area contributed by atoms with Gasteiger partial charge in [-0.1, -0.05) is 12.1 Å². The number of hydrogen-bond donors (Lipinski definition) is 1. The third-order valence-corrected chi connectivity index (χ3v) is 4.09. The van der Waals surface area contributed by atoms with Crippen LogP contribution < -0.4 is 9.47 Å². The Bertz CT molecular complexity index is 725. The molecule has 0 aliphatic heterocycles. The third kappa shape index (κ3) is 2.56. The predicted molar refractivity (Wildman–Crippen MR) is 86.4 cm³/mol. The summed E-state index contributed by atoms with van der Waals surface area (Å²) in [6, 6.07) is 12.1. The van der Waals surface area contributed by atoms with Gasteiger partial charge in [-0.3, -0.25) is 0 Å². The van der Waals surface area contributed by atoms with E-state index in [9.17, 15) is 0 Å². The maximum atomic E-state index is 5.31. The van der Waals surface area contributed by atoms with Crippen molar-refractivity contribution in [2.24, 2.45) is 0 Å². The van der Waals surface area contributed by atoms with Crippen molar-refractivity contribution >= 4 is 22.8 Å². The summed E-state index contributed by atoms with van der Waals surface area (Å²) >= 11 is 1.72. The molecule has 0 aliphatic carbocycles. The van der Waals surface area contributed by atoms with Crippen molar-refractivity contribution in [3.05, 3.63) is 36.4 Å². The molecule has 0 saturated carbocycles. The van der Waals surface area contributed by atoms with E-state index in [1.165, 1.54) is 4.90 Å². The first-order chi connectivity index (χ1) is 10.2. The minimum absolute atomic E-state index is 0.681. The Morgan fingerprint density at radius 3 is 2.29 bits per heavy atom. The molecule has 2 aromatic carbocycles. The van der Waals surface area contributed by atoms with Crippen LogP contribution in [0.5, 0.6) is 11.5 Å². The summed E-state index contributed by atoms with van der Waals surface area (Å²) in [5.41, 5.74) is 2.84. The molecule has 0 spiro atoms. The summed E-state index contributed by atoms with van der Waals surface area (Å²) in [7, 11) is 3.25. The number of aromatic amines is 1. The molecule has 21 heavy (non-hydrogen) atoms. The van der Waals surface area contributed by atoms with Crippen LogP contribution in [0.1, 0.15) is 0 Å². The van der Waals surface area contributed by atoms with Crippen molar-refractivity contribution in [2.75, 3.05) is 20.5 Å². The molecule has 0 atom stereocenters. The molecule has 0 aliphatic rings. The molecular weight excluding hydrogens is 284 g/mol. The number of nitrogens with one attached hydrogen (secondary N) is 1. The average molecular weight is 300 g/mol. The molecule has 1 heterocycles. The van der Waals surface area contributed by atoms with Crippen LogP contribution in [0.25, 0.3) is 22.4 Å². The minimum atomic E-state index is 0.681. The minimum Gasteiger partial charge on any atom is -0.493 e. The molecule has 0 radical (unpaired) electrons. The fraction of sp³-hybridized carbons (Fsp3) is 0.188. The highest BCUT2D eigenvalue weighted by Crippen LogP contribution is 2.32. The zero-order valence-electron chi connectivity index (χ0n) is 12.1. The van der Waals surface area contributed by atoms with Crippen molar-refractivity contribution in [3.8, 4) is 22.9 Å². The number of thioether (sulfide) groups is 1. The van der Waals surface area contributed by atoms with Gasteiger partial charge in [-0.05, 0) is 18.4 Å². The summed E-state index contributed by atoms with van der Waals surface area (Å²) in [6.45, 7) is 0. The normalized spacial score (nSPS) is 10.8. The molecule has 5 heteroatoms. The van der Waals surface area contributed by atoms with E-state index >= 15 is 0 Å². The van der Waals surface area contributed by atoms with Crippen LogP contribution in [-0.2, 0) is 0 Å². The second-order valence-corrected chi connectivity index (χ2v) is 5.42. The van der Waals surface area contributed by atoms with E-state index in [0.717, 1.165) is 22.4 Å². The topological polar surface area (TPSA) is 47.1 Å². The highest BCUT2D eigenvalue weighted by Gasteiger charge is 2.11. The molecule has 0 unspecified atom stereocenters. The van der Waals surface area contributed by atoms with Crippen molar-refractivity contribution in [1.82, 2.24) is 9.97 Å². The maximum absolute atomic E-state index is 5.31. The zero-order chi connectivity index (χ0) is 14.8. The van der Waals surface area contributed by atoms with E-state index < -0.39 is 0 Å². The molecule has 0 fully saturated rings. The van der Waals surface area contributed by atoms with Crippen LogP contribution >= 0.6 is 11.8 Å². The third-order valence-electron chi connectivity index (χ3n) is 3.35. The molecule has 1 N–H and O–H groups in total. The molecule has 108 valence electrons. The highest BCUT2D eigenvalue weighted by atomic mass is 32.2. The lowest BCUT2D eigenvalue weighted by Gasteiger charge is -2.06. The lowest BCUT2D eigenvalue weighted by atomic mass is 10.2. The molecule has 1 aromatic heterocycles. The monoisotopic (exact) mass is 300 g/mol. The quantitative estimate of drug-likeness (QED) is 0.741. The standard InChI is InChI=1S/C16H16N2O2S/c1-19-14-8-12-13(9-15(14)20-2)18-16(17-12)10-4-6-11(21-3)7-5-10/h4-9H,1-3H3,(H,17,18). The van der Waals surface area contributed by atoms with Crippen LogP contribution in [0.2, 0.25) is 0 Å². The summed E-state index contributed by atoms with van der Waals surface area (Å²) in [5.74, 6) is 2.21. The Morgan fingerprint density at radius 2 is 1.67 bits per heavy atom. The maximum Gasteiger partial charge on any atom is 0.163 e. The Balaban J connectivity index is 2.07. The van der Waals surface area contributed by atoms with E-state index in [4.69, 9.17) is 9.47 Å². The number of nitrogens with zero attached hydrogens (tertiary/aromatic N) is 1. The lowest BCUT2D eigenvalue weighted by molar-refractivity contribution is 0.356. The van der Waals surface area contributed by atoms with Crippen LogP contribution in [0, 0.1) is 0 Å². The predicted octanol–water partition coefficient (Wildman–Crippen LogP) is 3.97. The van der Waals surface area contributed by atoms with E-state index in [1.807, 2.05) is 12.1 Å². The number of benzene rings is 2. The number of H-pyrrole nitrogens is 1. The number of fused-ring (bicyclic) bond motifs is 1. The van der Waals surface area contributed by atoms with Crippen LogP contribution in [0.15, 0.2) is 41.3 Å². The van der Waals surface area contributed by atoms with Gasteiger partial charge in [-0.2, -0.15) is 0 Å². The molecule has 0 saturated heterocycles. The van der Waals surface area contributed by atoms with Gasteiger partial charge in [0.2, 0.25) is 0 Å². The van der Waals surface area contributed by atoms with Gasteiger partial charge in [-0.25, -0.2) is 4.98 Å². The molecule has 3 aromatic rings. The fourth-order valence-electron chi connectivity index (χ4n) is 2.22. The van der Waals surface area contributed by atoms with E-state index in [1.54, 1.807) is 26.0 Å². The smallest absolute Gasteiger partial charge is 0.163 e. The van der Waals surface area contributed by atoms with E-state index in [-0.39, 0.29) is 0 Å². The van der Waals surface area contributed by atoms with Crippen LogP contribution in [-0.4, -0.2) is 30.4 Å². The Kier molecular flexibility index (Phi) is 3.75. The fourth-order valence-corrected chi connectivity index (χ4v) is 2.63. The summed E-state index contributed by atoms with van der Waals surface area (Å²) in [4.78, 5) is 9.18. The number of ether oxygens (including phenoxy) is 2. The average Bonchev–Trinajstić information content (AvgIpc) is 2.96. The zero-order valence-corrected chi connectivity index (χ0v) is 13.0. The molecule has 3 rings (SSSR count). The van der Waals surface area contributed by atoms with Gasteiger partial charge in [0.1, 0.15) is 5.82 Å². The molecular formula is C16H16N2O2S. The van der Waals surface area contributed by atoms with Crippen molar-refractivity contribution in [1.29, 1.82) is 0 Å². The SMILES string of the molecule is COc1cc2nc(-c3ccc(SC)cc3)[nH]c2cc1OC. The first-order valence-corrected chi connectivity index (χ1v) is 7.74. The molecule has 0 amide bonds. The Labute approximate surface area is 127 Å². The summed E-state index contributed by atoms with van der Waals surface area (Å²) in [5, 5.41) is 0.